The first-order valence-corrected chi connectivity index (χ1v) is 12.2. The fraction of sp³-hybridized carbons (Fsp3) is 0.103. The molecule has 0 unspecified atom stereocenters. The van der Waals surface area contributed by atoms with Crippen LogP contribution in [0.5, 0.6) is 0 Å². The van der Waals surface area contributed by atoms with Crippen molar-refractivity contribution in [2.45, 2.75) is 6.54 Å². The van der Waals surface area contributed by atoms with Crippen LogP contribution in [0, 0.1) is 11.6 Å². The van der Waals surface area contributed by atoms with E-state index < -0.39 is 17.6 Å². The first kappa shape index (κ1) is 25.1. The minimum Gasteiger partial charge on any atom is -0.476 e. The molecule has 0 aliphatic carbocycles. The maximum absolute atomic E-state index is 16.2. The molecule has 200 valence electrons. The quantitative estimate of drug-likeness (QED) is 0.283. The van der Waals surface area contributed by atoms with Crippen LogP contribution < -0.4 is 5.73 Å². The predicted molar refractivity (Wildman–Crippen MR) is 146 cm³/mol. The monoisotopic (exact) mass is 540 g/mol. The molecule has 6 aromatic rings. The van der Waals surface area contributed by atoms with Crippen LogP contribution in [-0.2, 0) is 6.54 Å². The summed E-state index contributed by atoms with van der Waals surface area (Å²) >= 11 is 0. The van der Waals surface area contributed by atoms with Gasteiger partial charge in [-0.05, 0) is 56.1 Å². The molecular weight excluding hydrogens is 518 g/mol. The molecular formula is C29H22F2N6O3. The van der Waals surface area contributed by atoms with Gasteiger partial charge in [0.2, 0.25) is 0 Å². The zero-order valence-corrected chi connectivity index (χ0v) is 21.4. The molecule has 6 rings (SSSR count). The Morgan fingerprint density at radius 2 is 1.85 bits per heavy atom. The first-order valence-electron chi connectivity index (χ1n) is 12.2. The van der Waals surface area contributed by atoms with E-state index in [1.54, 1.807) is 30.5 Å². The maximum Gasteiger partial charge on any atom is 0.357 e. The van der Waals surface area contributed by atoms with Crippen molar-refractivity contribution >= 4 is 33.7 Å². The van der Waals surface area contributed by atoms with Crippen LogP contribution in [0.15, 0.2) is 71.4 Å². The Labute approximate surface area is 226 Å². The lowest BCUT2D eigenvalue weighted by Gasteiger charge is -2.14. The number of halogens is 2. The molecule has 0 bridgehead atoms. The number of aromatic carboxylic acids is 1. The lowest BCUT2D eigenvalue weighted by Crippen LogP contribution is -2.12. The lowest BCUT2D eigenvalue weighted by atomic mass is 9.98. The van der Waals surface area contributed by atoms with Gasteiger partial charge in [0.15, 0.2) is 22.9 Å². The largest absolute Gasteiger partial charge is 0.476 e. The summed E-state index contributed by atoms with van der Waals surface area (Å²) in [6.07, 6.45) is 1.64. The zero-order valence-electron chi connectivity index (χ0n) is 21.4. The average molecular weight is 541 g/mol. The van der Waals surface area contributed by atoms with E-state index in [9.17, 15) is 9.90 Å². The summed E-state index contributed by atoms with van der Waals surface area (Å²) < 4.78 is 38.1. The number of benzene rings is 3. The molecule has 3 heterocycles. The van der Waals surface area contributed by atoms with Crippen molar-refractivity contribution < 1.29 is 23.2 Å². The predicted octanol–water partition coefficient (Wildman–Crippen LogP) is 5.52. The van der Waals surface area contributed by atoms with Crippen LogP contribution in [0.25, 0.3) is 49.9 Å². The summed E-state index contributed by atoms with van der Waals surface area (Å²) in [4.78, 5) is 18.4. The van der Waals surface area contributed by atoms with Crippen LogP contribution in [0.1, 0.15) is 16.1 Å². The Morgan fingerprint density at radius 3 is 2.60 bits per heavy atom. The molecule has 0 spiro atoms. The number of fused-ring (bicyclic) bond motifs is 2. The van der Waals surface area contributed by atoms with Crippen LogP contribution in [0.4, 0.5) is 14.6 Å². The van der Waals surface area contributed by atoms with Gasteiger partial charge in [-0.15, -0.1) is 0 Å². The molecule has 0 aliphatic heterocycles. The number of nitrogens with two attached hydrogens (primary N) is 1. The Balaban J connectivity index is 1.51. The second-order valence-electron chi connectivity index (χ2n) is 9.58. The number of hydrogen-bond donors (Lipinski definition) is 2. The van der Waals surface area contributed by atoms with Crippen molar-refractivity contribution in [3.63, 3.8) is 0 Å². The number of carboxylic acids is 1. The van der Waals surface area contributed by atoms with E-state index >= 15 is 8.78 Å². The number of nitrogen functional groups attached to an aromatic ring is 1. The van der Waals surface area contributed by atoms with E-state index in [4.69, 9.17) is 10.3 Å². The minimum atomic E-state index is -1.33. The topological polar surface area (TPSA) is 123 Å². The van der Waals surface area contributed by atoms with Crippen molar-refractivity contribution in [3.05, 3.63) is 89.8 Å². The molecule has 3 N–H and O–H groups in total. The average Bonchev–Trinajstić information content (AvgIpc) is 3.50. The fourth-order valence-corrected chi connectivity index (χ4v) is 4.84. The maximum atomic E-state index is 16.2. The van der Waals surface area contributed by atoms with Crippen molar-refractivity contribution in [2.24, 2.45) is 0 Å². The van der Waals surface area contributed by atoms with E-state index in [1.807, 2.05) is 31.1 Å². The fourth-order valence-electron chi connectivity index (χ4n) is 4.84. The molecule has 9 nitrogen and oxygen atoms in total. The van der Waals surface area contributed by atoms with Crippen molar-refractivity contribution in [1.82, 2.24) is 24.8 Å². The van der Waals surface area contributed by atoms with E-state index in [0.29, 0.717) is 34.5 Å². The summed E-state index contributed by atoms with van der Waals surface area (Å²) in [6, 6.07) is 15.7. The molecule has 0 saturated carbocycles. The number of aromatic nitrogens is 4. The molecule has 0 aliphatic rings. The van der Waals surface area contributed by atoms with Crippen molar-refractivity contribution in [1.29, 1.82) is 0 Å². The van der Waals surface area contributed by atoms with Gasteiger partial charge in [-0.1, -0.05) is 29.4 Å². The smallest absolute Gasteiger partial charge is 0.357 e. The molecule has 3 aromatic carbocycles. The van der Waals surface area contributed by atoms with Gasteiger partial charge in [0.05, 0.1) is 16.8 Å². The van der Waals surface area contributed by atoms with Crippen LogP contribution in [-0.4, -0.2) is 50.0 Å². The standard InChI is InChI=1S/C29H22F2N6O3/c1-36(2)14-16-4-3-11-33-25(16)15-5-7-18(22(30)12-15)19-8-9-20-26(29(38)39)34-37(27(20)24(19)31)17-6-10-23-21(13-17)28(32)35-40-23/h3-13H,14H2,1-2H3,(H2,32,35)(H,38,39). The van der Waals surface area contributed by atoms with E-state index in [1.165, 1.54) is 24.3 Å². The van der Waals surface area contributed by atoms with Gasteiger partial charge < -0.3 is 20.3 Å². The van der Waals surface area contributed by atoms with Crippen LogP contribution >= 0.6 is 0 Å². The SMILES string of the molecule is CN(C)Cc1cccnc1-c1ccc(-c2ccc3c(C(=O)O)nn(-c4ccc5onc(N)c5c4)c3c2F)c(F)c1. The number of carbonyl (C=O) groups is 1. The van der Waals surface area contributed by atoms with Crippen molar-refractivity contribution in [3.8, 4) is 28.1 Å². The first-order chi connectivity index (χ1) is 19.2. The number of nitrogens with zero attached hydrogens (tertiary/aromatic N) is 5. The Kier molecular flexibility index (Phi) is 6.00. The summed E-state index contributed by atoms with van der Waals surface area (Å²) in [6.45, 7) is 0.611. The van der Waals surface area contributed by atoms with Gasteiger partial charge in [0.25, 0.3) is 0 Å². The van der Waals surface area contributed by atoms with Crippen molar-refractivity contribution in [2.75, 3.05) is 19.8 Å². The molecule has 0 radical (unpaired) electrons. The third-order valence-electron chi connectivity index (χ3n) is 6.62. The number of anilines is 1. The minimum absolute atomic E-state index is 0.0107. The third-order valence-corrected chi connectivity index (χ3v) is 6.62. The van der Waals surface area contributed by atoms with Gasteiger partial charge in [-0.25, -0.2) is 18.3 Å². The molecule has 3 aromatic heterocycles. The Hall–Kier alpha value is -5.16. The highest BCUT2D eigenvalue weighted by molar-refractivity contribution is 6.03. The molecule has 0 fully saturated rings. The summed E-state index contributed by atoms with van der Waals surface area (Å²) in [7, 11) is 3.86. The Bertz CT molecular complexity index is 1950. The summed E-state index contributed by atoms with van der Waals surface area (Å²) in [5.74, 6) is -2.69. The number of pyridine rings is 1. The highest BCUT2D eigenvalue weighted by Crippen LogP contribution is 2.36. The van der Waals surface area contributed by atoms with Gasteiger partial charge in [-0.2, -0.15) is 5.10 Å². The normalized spacial score (nSPS) is 11.6. The zero-order chi connectivity index (χ0) is 28.1. The molecule has 0 saturated heterocycles. The number of hydrogen-bond acceptors (Lipinski definition) is 7. The van der Waals surface area contributed by atoms with Crippen LogP contribution in [0.3, 0.4) is 0 Å². The second-order valence-corrected chi connectivity index (χ2v) is 9.58. The summed E-state index contributed by atoms with van der Waals surface area (Å²) in [5.41, 5.74) is 8.20. The molecule has 0 atom stereocenters. The van der Waals surface area contributed by atoms with E-state index in [0.717, 1.165) is 10.2 Å². The van der Waals surface area contributed by atoms with Gasteiger partial charge in [0, 0.05) is 34.8 Å². The van der Waals surface area contributed by atoms with Gasteiger partial charge >= 0.3 is 5.97 Å². The third kappa shape index (κ3) is 4.12. The summed E-state index contributed by atoms with van der Waals surface area (Å²) in [5, 5.41) is 18.1. The second kappa shape index (κ2) is 9.54. The highest BCUT2D eigenvalue weighted by Gasteiger charge is 2.24. The van der Waals surface area contributed by atoms with Gasteiger partial charge in [0.1, 0.15) is 11.3 Å². The van der Waals surface area contributed by atoms with Gasteiger partial charge in [-0.3, -0.25) is 4.98 Å². The molecule has 11 heteroatoms. The number of carboxylic acid groups (broad SMARTS) is 1. The van der Waals surface area contributed by atoms with E-state index in [-0.39, 0.29) is 33.5 Å². The lowest BCUT2D eigenvalue weighted by molar-refractivity contribution is 0.0692. The van der Waals surface area contributed by atoms with E-state index in [2.05, 4.69) is 15.2 Å². The number of rotatable bonds is 6. The molecule has 40 heavy (non-hydrogen) atoms. The van der Waals surface area contributed by atoms with Crippen LogP contribution in [0.2, 0.25) is 0 Å². The highest BCUT2D eigenvalue weighted by atomic mass is 19.1. The Morgan fingerprint density at radius 1 is 1.05 bits per heavy atom. The molecule has 0 amide bonds.